The molecule has 1 N–H and O–H groups in total. The lowest BCUT2D eigenvalue weighted by Gasteiger charge is -2.40. The first-order valence-corrected chi connectivity index (χ1v) is 11.9. The van der Waals surface area contributed by atoms with Crippen molar-refractivity contribution in [2.75, 3.05) is 0 Å². The molecule has 27 heavy (non-hydrogen) atoms. The molecule has 1 nitrogen and oxygen atoms in total. The number of phenols is 1. The Kier molecular flexibility index (Phi) is 7.67. The number of phenolic OH excluding ortho intramolecular Hbond substituents is 1. The van der Waals surface area contributed by atoms with E-state index in [0.29, 0.717) is 11.7 Å². The van der Waals surface area contributed by atoms with Gasteiger partial charge in [0, 0.05) is 0 Å². The summed E-state index contributed by atoms with van der Waals surface area (Å²) in [5.74, 6) is 5.76. The fraction of sp³-hybridized carbons (Fsp3) is 0.769. The van der Waals surface area contributed by atoms with Gasteiger partial charge in [0.1, 0.15) is 5.75 Å². The average Bonchev–Trinajstić information content (AvgIpc) is 2.72. The van der Waals surface area contributed by atoms with Crippen molar-refractivity contribution in [2.24, 2.45) is 29.6 Å². The quantitative estimate of drug-likeness (QED) is 0.516. The molecule has 0 saturated heterocycles. The SMILES string of the molecule is CCCCC1CCC(C(C)C2CCC(C(C)c3ccc(O)cc3)CC2)CC1. The van der Waals surface area contributed by atoms with Gasteiger partial charge in [-0.1, -0.05) is 65.0 Å². The fourth-order valence-corrected chi connectivity index (χ4v) is 6.10. The predicted octanol–water partition coefficient (Wildman–Crippen LogP) is 7.93. The van der Waals surface area contributed by atoms with Gasteiger partial charge in [-0.15, -0.1) is 0 Å². The normalized spacial score (nSPS) is 31.4. The Balaban J connectivity index is 1.44. The highest BCUT2D eigenvalue weighted by atomic mass is 16.3. The molecule has 0 heterocycles. The van der Waals surface area contributed by atoms with Crippen LogP contribution in [0.2, 0.25) is 0 Å². The molecular formula is C26H42O. The summed E-state index contributed by atoms with van der Waals surface area (Å²) in [6.07, 6.45) is 15.9. The van der Waals surface area contributed by atoms with E-state index in [2.05, 4.69) is 32.9 Å². The molecule has 0 amide bonds. The largest absolute Gasteiger partial charge is 0.508 e. The smallest absolute Gasteiger partial charge is 0.115 e. The van der Waals surface area contributed by atoms with Crippen LogP contribution >= 0.6 is 0 Å². The van der Waals surface area contributed by atoms with Crippen molar-refractivity contribution < 1.29 is 5.11 Å². The average molecular weight is 371 g/mol. The van der Waals surface area contributed by atoms with Crippen molar-refractivity contribution in [3.8, 4) is 5.75 Å². The molecule has 2 unspecified atom stereocenters. The number of aromatic hydroxyl groups is 1. The van der Waals surface area contributed by atoms with Gasteiger partial charge >= 0.3 is 0 Å². The van der Waals surface area contributed by atoms with Crippen LogP contribution in [0.5, 0.6) is 5.75 Å². The van der Waals surface area contributed by atoms with Crippen molar-refractivity contribution >= 4 is 0 Å². The van der Waals surface area contributed by atoms with E-state index < -0.39 is 0 Å². The topological polar surface area (TPSA) is 20.2 Å². The summed E-state index contributed by atoms with van der Waals surface area (Å²) in [4.78, 5) is 0. The minimum absolute atomic E-state index is 0.382. The first kappa shape index (κ1) is 20.7. The summed E-state index contributed by atoms with van der Waals surface area (Å²) >= 11 is 0. The van der Waals surface area contributed by atoms with Gasteiger partial charge in [0.2, 0.25) is 0 Å². The molecule has 0 spiro atoms. The Hall–Kier alpha value is -0.980. The van der Waals surface area contributed by atoms with Gasteiger partial charge in [0.15, 0.2) is 0 Å². The Morgan fingerprint density at radius 2 is 1.33 bits per heavy atom. The molecule has 0 aliphatic heterocycles. The van der Waals surface area contributed by atoms with Gasteiger partial charge in [-0.25, -0.2) is 0 Å². The minimum atomic E-state index is 0.382. The van der Waals surface area contributed by atoms with E-state index in [4.69, 9.17) is 0 Å². The highest BCUT2D eigenvalue weighted by Gasteiger charge is 2.33. The summed E-state index contributed by atoms with van der Waals surface area (Å²) < 4.78 is 0. The van der Waals surface area contributed by atoms with E-state index in [1.807, 2.05) is 12.1 Å². The molecule has 2 aliphatic rings. The van der Waals surface area contributed by atoms with E-state index in [-0.39, 0.29) is 0 Å². The second kappa shape index (κ2) is 9.99. The monoisotopic (exact) mass is 370 g/mol. The van der Waals surface area contributed by atoms with E-state index in [9.17, 15) is 5.11 Å². The highest BCUT2D eigenvalue weighted by molar-refractivity contribution is 5.28. The Morgan fingerprint density at radius 3 is 1.89 bits per heavy atom. The Bertz CT molecular complexity index is 532. The van der Waals surface area contributed by atoms with Crippen LogP contribution in [0.15, 0.2) is 24.3 Å². The van der Waals surface area contributed by atoms with Gasteiger partial charge in [-0.3, -0.25) is 0 Å². The van der Waals surface area contributed by atoms with Crippen LogP contribution in [0.1, 0.15) is 103 Å². The van der Waals surface area contributed by atoms with E-state index in [1.165, 1.54) is 76.2 Å². The zero-order chi connectivity index (χ0) is 19.2. The Labute approximate surface area is 168 Å². The minimum Gasteiger partial charge on any atom is -0.508 e. The Morgan fingerprint density at radius 1 is 0.815 bits per heavy atom. The number of unbranched alkanes of at least 4 members (excludes halogenated alkanes) is 1. The van der Waals surface area contributed by atoms with Gasteiger partial charge in [-0.05, 0) is 91.7 Å². The maximum absolute atomic E-state index is 9.53. The maximum atomic E-state index is 9.53. The van der Waals surface area contributed by atoms with Crippen LogP contribution in [-0.4, -0.2) is 5.11 Å². The van der Waals surface area contributed by atoms with Crippen LogP contribution < -0.4 is 0 Å². The van der Waals surface area contributed by atoms with Crippen molar-refractivity contribution in [1.29, 1.82) is 0 Å². The molecule has 1 heteroatoms. The van der Waals surface area contributed by atoms with E-state index in [0.717, 1.165) is 29.6 Å². The second-order valence-corrected chi connectivity index (χ2v) is 9.84. The van der Waals surface area contributed by atoms with E-state index in [1.54, 1.807) is 0 Å². The molecule has 3 rings (SSSR count). The number of hydrogen-bond acceptors (Lipinski definition) is 1. The van der Waals surface area contributed by atoms with Crippen molar-refractivity contribution in [3.63, 3.8) is 0 Å². The molecular weight excluding hydrogens is 328 g/mol. The molecule has 2 saturated carbocycles. The van der Waals surface area contributed by atoms with Crippen molar-refractivity contribution in [3.05, 3.63) is 29.8 Å². The van der Waals surface area contributed by atoms with Crippen LogP contribution in [0.3, 0.4) is 0 Å². The number of hydrogen-bond donors (Lipinski definition) is 1. The molecule has 0 bridgehead atoms. The van der Waals surface area contributed by atoms with Gasteiger partial charge in [-0.2, -0.15) is 0 Å². The number of rotatable bonds is 7. The zero-order valence-electron chi connectivity index (χ0n) is 18.0. The molecule has 0 aromatic heterocycles. The second-order valence-electron chi connectivity index (χ2n) is 9.84. The van der Waals surface area contributed by atoms with E-state index >= 15 is 0 Å². The lowest BCUT2D eigenvalue weighted by Crippen LogP contribution is -2.29. The zero-order valence-corrected chi connectivity index (χ0v) is 18.0. The van der Waals surface area contributed by atoms with Crippen LogP contribution in [-0.2, 0) is 0 Å². The fourth-order valence-electron chi connectivity index (χ4n) is 6.10. The molecule has 2 atom stereocenters. The van der Waals surface area contributed by atoms with Gasteiger partial charge in [0.25, 0.3) is 0 Å². The first-order valence-electron chi connectivity index (χ1n) is 11.9. The summed E-state index contributed by atoms with van der Waals surface area (Å²) in [6, 6.07) is 7.92. The van der Waals surface area contributed by atoms with Crippen molar-refractivity contribution in [1.82, 2.24) is 0 Å². The first-order chi connectivity index (χ1) is 13.1. The lowest BCUT2D eigenvalue weighted by atomic mass is 9.65. The van der Waals surface area contributed by atoms with Crippen molar-refractivity contribution in [2.45, 2.75) is 97.3 Å². The van der Waals surface area contributed by atoms with Gasteiger partial charge < -0.3 is 5.11 Å². The highest BCUT2D eigenvalue weighted by Crippen LogP contribution is 2.45. The standard InChI is InChI=1S/C26H42O/c1-4-5-6-21-7-9-22(10-8-21)19(2)23-11-13-24(14-12-23)20(3)25-15-17-26(27)18-16-25/h15-24,27H,4-14H2,1-3H3. The van der Waals surface area contributed by atoms with Gasteiger partial charge in [0.05, 0.1) is 0 Å². The summed E-state index contributed by atoms with van der Waals surface area (Å²) in [7, 11) is 0. The van der Waals surface area contributed by atoms with Crippen LogP contribution in [0, 0.1) is 29.6 Å². The van der Waals surface area contributed by atoms with Crippen LogP contribution in [0.25, 0.3) is 0 Å². The molecule has 2 aliphatic carbocycles. The molecule has 0 radical (unpaired) electrons. The molecule has 152 valence electrons. The third kappa shape index (κ3) is 5.52. The van der Waals surface area contributed by atoms with Crippen LogP contribution in [0.4, 0.5) is 0 Å². The summed E-state index contributed by atoms with van der Waals surface area (Å²) in [5, 5.41) is 9.53. The predicted molar refractivity (Wildman–Crippen MR) is 116 cm³/mol. The third-order valence-corrected chi connectivity index (χ3v) is 8.29. The molecule has 2 fully saturated rings. The third-order valence-electron chi connectivity index (χ3n) is 8.29. The molecule has 1 aromatic rings. The summed E-state index contributed by atoms with van der Waals surface area (Å²) in [6.45, 7) is 7.29. The maximum Gasteiger partial charge on any atom is 0.115 e. The summed E-state index contributed by atoms with van der Waals surface area (Å²) in [5.41, 5.74) is 1.40. The number of benzene rings is 1. The lowest BCUT2D eigenvalue weighted by molar-refractivity contribution is 0.118. The molecule has 1 aromatic carbocycles.